The summed E-state index contributed by atoms with van der Waals surface area (Å²) in [6.07, 6.45) is 1.91. The Bertz CT molecular complexity index is 3570. The van der Waals surface area contributed by atoms with Gasteiger partial charge in [0.1, 0.15) is 4.83 Å². The van der Waals surface area contributed by atoms with E-state index in [1.165, 1.54) is 97.4 Å². The van der Waals surface area contributed by atoms with Gasteiger partial charge in [-0.05, 0) is 75.5 Å². The smallest absolute Gasteiger partial charge is 0.161 e. The molecule has 3 nitrogen and oxygen atoms in total. The van der Waals surface area contributed by atoms with Gasteiger partial charge in [0.15, 0.2) is 5.82 Å². The van der Waals surface area contributed by atoms with E-state index in [9.17, 15) is 0 Å². The van der Waals surface area contributed by atoms with E-state index in [-0.39, 0.29) is 5.92 Å². The van der Waals surface area contributed by atoms with Crippen LogP contribution in [0.25, 0.3) is 102 Å². The van der Waals surface area contributed by atoms with Gasteiger partial charge in [0.25, 0.3) is 0 Å². The van der Waals surface area contributed by atoms with E-state index in [2.05, 4.69) is 162 Å². The molecule has 1 unspecified atom stereocenters. The van der Waals surface area contributed by atoms with Crippen LogP contribution in [0.2, 0.25) is 0 Å². The van der Waals surface area contributed by atoms with E-state index in [1.54, 1.807) is 11.3 Å². The monoisotopic (exact) mass is 717 g/mol. The number of thiophene rings is 1. The molecule has 13 rings (SSSR count). The fraction of sp³-hybridized carbons (Fsp3) is 0.0588. The second kappa shape index (κ2) is 11.0. The first kappa shape index (κ1) is 29.8. The fourth-order valence-corrected chi connectivity index (χ4v) is 11.1. The highest BCUT2D eigenvalue weighted by Gasteiger charge is 2.33. The van der Waals surface area contributed by atoms with Gasteiger partial charge in [0.05, 0.1) is 22.2 Å². The molecule has 8 aromatic carbocycles. The lowest BCUT2D eigenvalue weighted by molar-refractivity contribution is 0.715. The van der Waals surface area contributed by atoms with Crippen LogP contribution in [0.4, 0.5) is 0 Å². The van der Waals surface area contributed by atoms with Crippen molar-refractivity contribution in [1.82, 2.24) is 14.4 Å². The molecule has 0 spiro atoms. The van der Waals surface area contributed by atoms with Crippen LogP contribution in [0.15, 0.2) is 158 Å². The summed E-state index contributed by atoms with van der Waals surface area (Å²) in [5.74, 6) is 0.820. The third-order valence-corrected chi connectivity index (χ3v) is 13.4. The number of aromatic nitrogens is 3. The van der Waals surface area contributed by atoms with E-state index < -0.39 is 0 Å². The lowest BCUT2D eigenvalue weighted by atomic mass is 9.83. The van der Waals surface area contributed by atoms with Crippen molar-refractivity contribution in [2.75, 3.05) is 0 Å². The van der Waals surface area contributed by atoms with Crippen molar-refractivity contribution in [3.63, 3.8) is 0 Å². The van der Waals surface area contributed by atoms with Crippen LogP contribution in [-0.4, -0.2) is 14.4 Å². The minimum absolute atomic E-state index is 0.0267. The third-order valence-electron chi connectivity index (χ3n) is 12.4. The summed E-state index contributed by atoms with van der Waals surface area (Å²) in [6, 6.07) is 58.2. The van der Waals surface area contributed by atoms with E-state index in [4.69, 9.17) is 9.97 Å². The van der Waals surface area contributed by atoms with Crippen molar-refractivity contribution >= 4 is 91.3 Å². The van der Waals surface area contributed by atoms with E-state index in [0.29, 0.717) is 0 Å². The molecule has 256 valence electrons. The third kappa shape index (κ3) is 4.04. The molecule has 0 N–H and O–H groups in total. The minimum atomic E-state index is 0.0267. The standard InChI is InChI=1S/C51H31N3S/c1-2-14-32-27-33(22-21-29(32)11-1)50-52-47(46-38-18-8-10-20-43(38)55-51(46)53-50)39-26-24-30-12-3-5-15-34(30)40-28-41-36-25-23-31-13-4-6-16-35(31)48(36)54-42-19-9-7-17-37(42)45(44(39)40)49(41)54/h1-23,25,27-28,39H,24,26H2. The Morgan fingerprint density at radius 1 is 0.527 bits per heavy atom. The molecule has 0 amide bonds. The molecule has 55 heavy (non-hydrogen) atoms. The summed E-state index contributed by atoms with van der Waals surface area (Å²) in [7, 11) is 0. The van der Waals surface area contributed by atoms with Crippen LogP contribution < -0.4 is 0 Å². The van der Waals surface area contributed by atoms with Gasteiger partial charge in [-0.15, -0.1) is 11.3 Å². The summed E-state index contributed by atoms with van der Waals surface area (Å²) >= 11 is 1.79. The van der Waals surface area contributed by atoms with Crippen molar-refractivity contribution in [3.05, 3.63) is 175 Å². The molecular weight excluding hydrogens is 687 g/mol. The van der Waals surface area contributed by atoms with Crippen molar-refractivity contribution in [2.45, 2.75) is 18.8 Å². The maximum absolute atomic E-state index is 5.73. The predicted octanol–water partition coefficient (Wildman–Crippen LogP) is 13.7. The molecule has 1 aliphatic carbocycles. The molecule has 4 heteroatoms. The Morgan fingerprint density at radius 3 is 2.20 bits per heavy atom. The van der Waals surface area contributed by atoms with Gasteiger partial charge >= 0.3 is 0 Å². The number of para-hydroxylation sites is 1. The van der Waals surface area contributed by atoms with Crippen molar-refractivity contribution < 1.29 is 0 Å². The van der Waals surface area contributed by atoms with Crippen molar-refractivity contribution in [2.24, 2.45) is 0 Å². The summed E-state index contributed by atoms with van der Waals surface area (Å²) in [5.41, 5.74) is 11.5. The Balaban J connectivity index is 1.21. The molecule has 4 heterocycles. The van der Waals surface area contributed by atoms with Gasteiger partial charge in [-0.2, -0.15) is 0 Å². The Kier molecular flexibility index (Phi) is 5.94. The van der Waals surface area contributed by atoms with Gasteiger partial charge in [0, 0.05) is 53.9 Å². The Morgan fingerprint density at radius 2 is 1.27 bits per heavy atom. The van der Waals surface area contributed by atoms with Crippen LogP contribution >= 0.6 is 11.3 Å². The zero-order valence-corrected chi connectivity index (χ0v) is 30.6. The molecular formula is C51H31N3S. The molecule has 4 aromatic heterocycles. The first-order valence-electron chi connectivity index (χ1n) is 19.2. The van der Waals surface area contributed by atoms with Crippen LogP contribution in [0.1, 0.15) is 29.2 Å². The molecule has 0 saturated heterocycles. The quantitative estimate of drug-likeness (QED) is 0.178. The van der Waals surface area contributed by atoms with Crippen LogP contribution in [-0.2, 0) is 6.42 Å². The number of fused-ring (bicyclic) bond motifs is 16. The SMILES string of the molecule is c1ccc2c(c1)CCC(c1nc(-c3ccc4ccccc4c3)nc3sc4ccccc4c13)c1c-2cc2c3ccc4ccccc4c3n3c4ccccc4c1c23. The molecule has 0 radical (unpaired) electrons. The zero-order chi connectivity index (χ0) is 35.8. The largest absolute Gasteiger partial charge is 0.307 e. The second-order valence-electron chi connectivity index (χ2n) is 15.2. The van der Waals surface area contributed by atoms with Crippen LogP contribution in [0.3, 0.4) is 0 Å². The van der Waals surface area contributed by atoms with Gasteiger partial charge in [0.2, 0.25) is 0 Å². The minimum Gasteiger partial charge on any atom is -0.307 e. The molecule has 1 atom stereocenters. The van der Waals surface area contributed by atoms with Gasteiger partial charge in [-0.1, -0.05) is 133 Å². The first-order valence-corrected chi connectivity index (χ1v) is 20.0. The molecule has 0 saturated carbocycles. The number of nitrogens with zero attached hydrogens (tertiary/aromatic N) is 3. The van der Waals surface area contributed by atoms with Crippen LogP contribution in [0.5, 0.6) is 0 Å². The Hall–Kier alpha value is -6.62. The molecule has 0 fully saturated rings. The number of hydrogen-bond acceptors (Lipinski definition) is 3. The van der Waals surface area contributed by atoms with Crippen LogP contribution in [0, 0.1) is 0 Å². The summed E-state index contributed by atoms with van der Waals surface area (Å²) in [6.45, 7) is 0. The van der Waals surface area contributed by atoms with E-state index >= 15 is 0 Å². The lowest BCUT2D eigenvalue weighted by Gasteiger charge is -2.21. The summed E-state index contributed by atoms with van der Waals surface area (Å²) in [5, 5.41) is 12.7. The van der Waals surface area contributed by atoms with E-state index in [1.807, 2.05) is 0 Å². The normalized spacial score (nSPS) is 14.6. The van der Waals surface area contributed by atoms with Gasteiger partial charge in [-0.3, -0.25) is 0 Å². The first-order chi connectivity index (χ1) is 27.3. The predicted molar refractivity (Wildman–Crippen MR) is 232 cm³/mol. The molecule has 1 aliphatic rings. The molecule has 12 aromatic rings. The topological polar surface area (TPSA) is 30.2 Å². The number of aryl methyl sites for hydroxylation is 1. The fourth-order valence-electron chi connectivity index (χ4n) is 10.0. The highest BCUT2D eigenvalue weighted by Crippen LogP contribution is 2.53. The maximum Gasteiger partial charge on any atom is 0.161 e. The maximum atomic E-state index is 5.73. The van der Waals surface area contributed by atoms with Gasteiger partial charge in [-0.25, -0.2) is 9.97 Å². The van der Waals surface area contributed by atoms with Crippen molar-refractivity contribution in [1.29, 1.82) is 0 Å². The number of benzene rings is 8. The molecule has 0 bridgehead atoms. The Labute approximate surface area is 320 Å². The molecule has 0 aliphatic heterocycles. The summed E-state index contributed by atoms with van der Waals surface area (Å²) < 4.78 is 3.82. The lowest BCUT2D eigenvalue weighted by Crippen LogP contribution is -2.08. The highest BCUT2D eigenvalue weighted by molar-refractivity contribution is 7.25. The average Bonchev–Trinajstić information content (AvgIpc) is 3.86. The highest BCUT2D eigenvalue weighted by atomic mass is 32.1. The number of rotatable bonds is 2. The van der Waals surface area contributed by atoms with E-state index in [0.717, 1.165) is 34.8 Å². The second-order valence-corrected chi connectivity index (χ2v) is 16.2. The van der Waals surface area contributed by atoms with Crippen molar-refractivity contribution in [3.8, 4) is 22.5 Å². The number of hydrogen-bond donors (Lipinski definition) is 0. The van der Waals surface area contributed by atoms with Gasteiger partial charge < -0.3 is 4.40 Å². The zero-order valence-electron chi connectivity index (χ0n) is 29.8. The summed E-state index contributed by atoms with van der Waals surface area (Å²) in [4.78, 5) is 12.1. The average molecular weight is 718 g/mol.